The molecule has 0 aromatic carbocycles. The van der Waals surface area contributed by atoms with Crippen LogP contribution in [0, 0.1) is 5.92 Å². The Labute approximate surface area is 95.6 Å². The molecule has 0 amide bonds. The first kappa shape index (κ1) is 13.0. The van der Waals surface area contributed by atoms with Gasteiger partial charge >= 0.3 is 0 Å². The molecule has 0 spiro atoms. The van der Waals surface area contributed by atoms with Crippen molar-refractivity contribution in [2.24, 2.45) is 5.92 Å². The molecule has 2 nitrogen and oxygen atoms in total. The Bertz CT molecular complexity index is 185. The Kier molecular flexibility index (Phi) is 4.19. The molecule has 15 heavy (non-hydrogen) atoms. The Morgan fingerprint density at radius 2 is 1.33 bits per heavy atom. The molecule has 1 aliphatic heterocycles. The summed E-state index contributed by atoms with van der Waals surface area (Å²) in [5, 5.41) is 0. The van der Waals surface area contributed by atoms with E-state index in [4.69, 9.17) is 0 Å². The Morgan fingerprint density at radius 3 is 1.67 bits per heavy atom. The van der Waals surface area contributed by atoms with Gasteiger partial charge in [-0.1, -0.05) is 13.8 Å². The van der Waals surface area contributed by atoms with Crippen molar-refractivity contribution < 1.29 is 0 Å². The second-order valence-electron chi connectivity index (χ2n) is 6.18. The molecule has 0 aromatic rings. The predicted octanol–water partition coefficient (Wildman–Crippen LogP) is 2.45. The van der Waals surface area contributed by atoms with Gasteiger partial charge in [0.25, 0.3) is 0 Å². The Hall–Kier alpha value is -0.0800. The van der Waals surface area contributed by atoms with Crippen molar-refractivity contribution in [3.05, 3.63) is 0 Å². The first-order valence-corrected chi connectivity index (χ1v) is 6.31. The van der Waals surface area contributed by atoms with Gasteiger partial charge in [-0.25, -0.2) is 0 Å². The molecule has 0 N–H and O–H groups in total. The van der Waals surface area contributed by atoms with Gasteiger partial charge in [0.1, 0.15) is 0 Å². The molecule has 1 heterocycles. The molecule has 0 aromatic heterocycles. The van der Waals surface area contributed by atoms with E-state index >= 15 is 0 Å². The summed E-state index contributed by atoms with van der Waals surface area (Å²) in [6.45, 7) is 18.9. The summed E-state index contributed by atoms with van der Waals surface area (Å²) >= 11 is 0. The molecule has 0 bridgehead atoms. The zero-order valence-electron chi connectivity index (χ0n) is 11.4. The second kappa shape index (κ2) is 4.84. The molecule has 1 aliphatic rings. The van der Waals surface area contributed by atoms with Gasteiger partial charge in [-0.2, -0.15) is 0 Å². The first-order valence-electron chi connectivity index (χ1n) is 6.31. The third-order valence-electron chi connectivity index (χ3n) is 3.80. The predicted molar refractivity (Wildman–Crippen MR) is 67.2 cm³/mol. The van der Waals surface area contributed by atoms with E-state index in [9.17, 15) is 0 Å². The monoisotopic (exact) mass is 212 g/mol. The van der Waals surface area contributed by atoms with Crippen LogP contribution < -0.4 is 0 Å². The average Bonchev–Trinajstić information content (AvgIpc) is 2.15. The fraction of sp³-hybridized carbons (Fsp3) is 1.00. The molecule has 0 radical (unpaired) electrons. The summed E-state index contributed by atoms with van der Waals surface area (Å²) in [4.78, 5) is 5.23. The van der Waals surface area contributed by atoms with Gasteiger partial charge in [0, 0.05) is 37.8 Å². The lowest BCUT2D eigenvalue weighted by atomic mass is 10.0. The van der Waals surface area contributed by atoms with Crippen LogP contribution in [0.2, 0.25) is 0 Å². The Balaban J connectivity index is 2.42. The van der Waals surface area contributed by atoms with Crippen molar-refractivity contribution in [2.75, 3.05) is 26.2 Å². The summed E-state index contributed by atoms with van der Waals surface area (Å²) in [5.74, 6) is 0.770. The number of nitrogens with zero attached hydrogens (tertiary/aromatic N) is 2. The van der Waals surface area contributed by atoms with E-state index in [1.807, 2.05) is 0 Å². The van der Waals surface area contributed by atoms with Crippen LogP contribution in [-0.2, 0) is 0 Å². The van der Waals surface area contributed by atoms with Crippen molar-refractivity contribution in [3.8, 4) is 0 Å². The lowest BCUT2D eigenvalue weighted by Crippen LogP contribution is -2.55. The maximum atomic E-state index is 2.63. The zero-order valence-corrected chi connectivity index (χ0v) is 11.4. The fourth-order valence-corrected chi connectivity index (χ4v) is 2.22. The Morgan fingerprint density at radius 1 is 0.867 bits per heavy atom. The number of rotatable bonds is 2. The van der Waals surface area contributed by atoms with Gasteiger partial charge in [-0.05, 0) is 33.6 Å². The van der Waals surface area contributed by atoms with Gasteiger partial charge in [-0.3, -0.25) is 9.80 Å². The number of piperazine rings is 1. The minimum Gasteiger partial charge on any atom is -0.298 e. The van der Waals surface area contributed by atoms with Gasteiger partial charge in [-0.15, -0.1) is 0 Å². The van der Waals surface area contributed by atoms with Crippen LogP contribution in [0.3, 0.4) is 0 Å². The lowest BCUT2D eigenvalue weighted by molar-refractivity contribution is 0.0359. The highest BCUT2D eigenvalue weighted by molar-refractivity contribution is 4.84. The number of hydrogen-bond donors (Lipinski definition) is 0. The fourth-order valence-electron chi connectivity index (χ4n) is 2.22. The van der Waals surface area contributed by atoms with Crippen molar-refractivity contribution in [1.82, 2.24) is 9.80 Å². The SMILES string of the molecule is CC(C)C(C)N1CCN(C(C)(C)C)CC1. The minimum atomic E-state index is 0.340. The highest BCUT2D eigenvalue weighted by Crippen LogP contribution is 2.18. The van der Waals surface area contributed by atoms with E-state index in [1.54, 1.807) is 0 Å². The van der Waals surface area contributed by atoms with Crippen molar-refractivity contribution in [2.45, 2.75) is 53.1 Å². The second-order valence-corrected chi connectivity index (χ2v) is 6.18. The van der Waals surface area contributed by atoms with Crippen LogP contribution in [0.4, 0.5) is 0 Å². The summed E-state index contributed by atoms with van der Waals surface area (Å²) in [5.41, 5.74) is 0.340. The van der Waals surface area contributed by atoms with E-state index in [0.29, 0.717) is 5.54 Å². The molecular weight excluding hydrogens is 184 g/mol. The third kappa shape index (κ3) is 3.46. The van der Waals surface area contributed by atoms with Gasteiger partial charge < -0.3 is 0 Å². The minimum absolute atomic E-state index is 0.340. The molecule has 2 heteroatoms. The van der Waals surface area contributed by atoms with Gasteiger partial charge in [0.15, 0.2) is 0 Å². The van der Waals surface area contributed by atoms with E-state index in [1.165, 1.54) is 26.2 Å². The van der Waals surface area contributed by atoms with Crippen LogP contribution in [0.25, 0.3) is 0 Å². The van der Waals surface area contributed by atoms with E-state index in [-0.39, 0.29) is 0 Å². The maximum Gasteiger partial charge on any atom is 0.0126 e. The lowest BCUT2D eigenvalue weighted by Gasteiger charge is -2.44. The van der Waals surface area contributed by atoms with Crippen molar-refractivity contribution in [3.63, 3.8) is 0 Å². The highest BCUT2D eigenvalue weighted by atomic mass is 15.3. The maximum absolute atomic E-state index is 2.63. The normalized spacial score (nSPS) is 23.4. The first-order chi connectivity index (χ1) is 6.82. The van der Waals surface area contributed by atoms with Crippen molar-refractivity contribution in [1.29, 1.82) is 0 Å². The highest BCUT2D eigenvalue weighted by Gasteiger charge is 2.28. The molecule has 1 atom stereocenters. The molecule has 1 fully saturated rings. The van der Waals surface area contributed by atoms with Crippen LogP contribution >= 0.6 is 0 Å². The molecular formula is C13H28N2. The summed E-state index contributed by atoms with van der Waals surface area (Å²) in [6, 6.07) is 0.729. The zero-order chi connectivity index (χ0) is 11.6. The summed E-state index contributed by atoms with van der Waals surface area (Å²) in [6.07, 6.45) is 0. The quantitative estimate of drug-likeness (QED) is 0.694. The standard InChI is InChI=1S/C13H28N2/c1-11(2)12(3)14-7-9-15(10-8-14)13(4,5)6/h11-12H,7-10H2,1-6H3. The molecule has 1 rings (SSSR count). The van der Waals surface area contributed by atoms with Crippen LogP contribution in [0.15, 0.2) is 0 Å². The van der Waals surface area contributed by atoms with Crippen LogP contribution in [0.1, 0.15) is 41.5 Å². The largest absolute Gasteiger partial charge is 0.298 e. The molecule has 0 saturated carbocycles. The molecule has 1 unspecified atom stereocenters. The smallest absolute Gasteiger partial charge is 0.0126 e. The molecule has 90 valence electrons. The van der Waals surface area contributed by atoms with Gasteiger partial charge in [0.05, 0.1) is 0 Å². The van der Waals surface area contributed by atoms with Crippen LogP contribution in [-0.4, -0.2) is 47.6 Å². The van der Waals surface area contributed by atoms with Crippen LogP contribution in [0.5, 0.6) is 0 Å². The summed E-state index contributed by atoms with van der Waals surface area (Å²) in [7, 11) is 0. The average molecular weight is 212 g/mol. The van der Waals surface area contributed by atoms with E-state index in [0.717, 1.165) is 12.0 Å². The van der Waals surface area contributed by atoms with Gasteiger partial charge in [0.2, 0.25) is 0 Å². The summed E-state index contributed by atoms with van der Waals surface area (Å²) < 4.78 is 0. The topological polar surface area (TPSA) is 6.48 Å². The van der Waals surface area contributed by atoms with E-state index in [2.05, 4.69) is 51.3 Å². The molecule has 0 aliphatic carbocycles. The van der Waals surface area contributed by atoms with E-state index < -0.39 is 0 Å². The van der Waals surface area contributed by atoms with Crippen molar-refractivity contribution >= 4 is 0 Å². The number of hydrogen-bond acceptors (Lipinski definition) is 2. The third-order valence-corrected chi connectivity index (χ3v) is 3.80. The molecule has 1 saturated heterocycles.